The fourth-order valence-corrected chi connectivity index (χ4v) is 2.52. The molecular formula is C14H21N3O. The van der Waals surface area contributed by atoms with E-state index in [-0.39, 0.29) is 23.9 Å². The Morgan fingerprint density at radius 3 is 2.94 bits per heavy atom. The van der Waals surface area contributed by atoms with Crippen LogP contribution in [0.1, 0.15) is 44.2 Å². The van der Waals surface area contributed by atoms with Gasteiger partial charge in [0.2, 0.25) is 5.91 Å². The first-order valence-electron chi connectivity index (χ1n) is 6.64. The number of hydrogen-bond acceptors (Lipinski definition) is 3. The molecule has 18 heavy (non-hydrogen) atoms. The Bertz CT molecular complexity index is 393. The molecule has 1 amide bonds. The minimum Gasteiger partial charge on any atom is -0.349 e. The molecule has 0 aromatic carbocycles. The van der Waals surface area contributed by atoms with Gasteiger partial charge in [-0.2, -0.15) is 0 Å². The summed E-state index contributed by atoms with van der Waals surface area (Å²) < 4.78 is 0. The molecule has 1 aromatic heterocycles. The molecule has 4 heteroatoms. The number of aromatic nitrogens is 1. The third kappa shape index (κ3) is 3.07. The number of carbonyl (C=O) groups is 1. The normalized spacial score (nSPS) is 25.4. The SMILES string of the molecule is CC(NC(=O)C1CCCCC1N)c1cccnc1. The zero-order chi connectivity index (χ0) is 13.0. The third-order valence-corrected chi connectivity index (χ3v) is 3.70. The van der Waals surface area contributed by atoms with E-state index < -0.39 is 0 Å². The zero-order valence-electron chi connectivity index (χ0n) is 10.8. The Kier molecular flexibility index (Phi) is 4.31. The summed E-state index contributed by atoms with van der Waals surface area (Å²) in [5.74, 6) is 0.0522. The summed E-state index contributed by atoms with van der Waals surface area (Å²) in [6.45, 7) is 1.98. The van der Waals surface area contributed by atoms with Gasteiger partial charge in [0.15, 0.2) is 0 Å². The molecule has 1 aliphatic rings. The van der Waals surface area contributed by atoms with Crippen LogP contribution in [0.25, 0.3) is 0 Å². The van der Waals surface area contributed by atoms with Gasteiger partial charge in [0.1, 0.15) is 0 Å². The molecule has 2 rings (SSSR count). The molecule has 1 aromatic rings. The van der Waals surface area contributed by atoms with E-state index >= 15 is 0 Å². The predicted octanol–water partition coefficient (Wildman–Crippen LogP) is 1.78. The Balaban J connectivity index is 1.94. The van der Waals surface area contributed by atoms with Crippen molar-refractivity contribution in [1.29, 1.82) is 0 Å². The number of pyridine rings is 1. The van der Waals surface area contributed by atoms with Crippen molar-refractivity contribution < 1.29 is 4.79 Å². The number of rotatable bonds is 3. The van der Waals surface area contributed by atoms with Gasteiger partial charge in [-0.25, -0.2) is 0 Å². The summed E-state index contributed by atoms with van der Waals surface area (Å²) in [5.41, 5.74) is 7.04. The largest absolute Gasteiger partial charge is 0.349 e. The van der Waals surface area contributed by atoms with Crippen LogP contribution in [-0.2, 0) is 4.79 Å². The Morgan fingerprint density at radius 1 is 1.50 bits per heavy atom. The highest BCUT2D eigenvalue weighted by molar-refractivity contribution is 5.79. The van der Waals surface area contributed by atoms with Gasteiger partial charge in [-0.1, -0.05) is 18.9 Å². The van der Waals surface area contributed by atoms with E-state index in [2.05, 4.69) is 10.3 Å². The highest BCUT2D eigenvalue weighted by Crippen LogP contribution is 2.24. The molecule has 1 fully saturated rings. The van der Waals surface area contributed by atoms with Crippen molar-refractivity contribution in [3.05, 3.63) is 30.1 Å². The minimum atomic E-state index is -0.0297. The summed E-state index contributed by atoms with van der Waals surface area (Å²) in [6.07, 6.45) is 7.63. The van der Waals surface area contributed by atoms with Gasteiger partial charge in [0, 0.05) is 18.4 Å². The first kappa shape index (κ1) is 13.0. The zero-order valence-corrected chi connectivity index (χ0v) is 10.8. The topological polar surface area (TPSA) is 68.0 Å². The van der Waals surface area contributed by atoms with Crippen molar-refractivity contribution in [3.63, 3.8) is 0 Å². The van der Waals surface area contributed by atoms with Gasteiger partial charge in [-0.05, 0) is 31.4 Å². The second-order valence-electron chi connectivity index (χ2n) is 5.07. The lowest BCUT2D eigenvalue weighted by Gasteiger charge is -2.28. The third-order valence-electron chi connectivity index (χ3n) is 3.70. The maximum absolute atomic E-state index is 12.2. The highest BCUT2D eigenvalue weighted by atomic mass is 16.2. The van der Waals surface area contributed by atoms with Gasteiger partial charge in [0.05, 0.1) is 12.0 Å². The average Bonchev–Trinajstić information content (AvgIpc) is 2.40. The van der Waals surface area contributed by atoms with Crippen molar-refractivity contribution in [1.82, 2.24) is 10.3 Å². The molecule has 3 atom stereocenters. The van der Waals surface area contributed by atoms with Gasteiger partial charge in [-0.3, -0.25) is 9.78 Å². The lowest BCUT2D eigenvalue weighted by molar-refractivity contribution is -0.127. The van der Waals surface area contributed by atoms with E-state index in [4.69, 9.17) is 5.73 Å². The van der Waals surface area contributed by atoms with Crippen LogP contribution in [0.3, 0.4) is 0 Å². The Morgan fingerprint density at radius 2 is 2.28 bits per heavy atom. The lowest BCUT2D eigenvalue weighted by atomic mass is 9.84. The number of nitrogens with zero attached hydrogens (tertiary/aromatic N) is 1. The quantitative estimate of drug-likeness (QED) is 0.855. The number of hydrogen-bond donors (Lipinski definition) is 2. The molecule has 3 unspecified atom stereocenters. The summed E-state index contributed by atoms with van der Waals surface area (Å²) in [5, 5.41) is 3.04. The molecule has 4 nitrogen and oxygen atoms in total. The smallest absolute Gasteiger partial charge is 0.225 e. The van der Waals surface area contributed by atoms with E-state index in [9.17, 15) is 4.79 Å². The summed E-state index contributed by atoms with van der Waals surface area (Å²) in [6, 6.07) is 3.85. The van der Waals surface area contributed by atoms with Crippen molar-refractivity contribution >= 4 is 5.91 Å². The molecule has 1 aliphatic carbocycles. The van der Waals surface area contributed by atoms with Crippen LogP contribution < -0.4 is 11.1 Å². The van der Waals surface area contributed by atoms with Crippen LogP contribution in [0.2, 0.25) is 0 Å². The van der Waals surface area contributed by atoms with Crippen molar-refractivity contribution in [2.45, 2.75) is 44.7 Å². The molecule has 0 aliphatic heterocycles. The average molecular weight is 247 g/mol. The summed E-state index contributed by atoms with van der Waals surface area (Å²) in [4.78, 5) is 16.2. The maximum atomic E-state index is 12.2. The van der Waals surface area contributed by atoms with Crippen molar-refractivity contribution in [3.8, 4) is 0 Å². The minimum absolute atomic E-state index is 0.0136. The summed E-state index contributed by atoms with van der Waals surface area (Å²) in [7, 11) is 0. The van der Waals surface area contributed by atoms with Gasteiger partial charge in [-0.15, -0.1) is 0 Å². The van der Waals surface area contributed by atoms with Crippen molar-refractivity contribution in [2.75, 3.05) is 0 Å². The van der Waals surface area contributed by atoms with E-state index in [0.29, 0.717) is 0 Å². The van der Waals surface area contributed by atoms with E-state index in [0.717, 1.165) is 31.2 Å². The lowest BCUT2D eigenvalue weighted by Crippen LogP contribution is -2.44. The number of nitrogens with two attached hydrogens (primary N) is 1. The van der Waals surface area contributed by atoms with Crippen LogP contribution in [0, 0.1) is 5.92 Å². The van der Waals surface area contributed by atoms with Crippen LogP contribution in [0.4, 0.5) is 0 Å². The Hall–Kier alpha value is -1.42. The maximum Gasteiger partial charge on any atom is 0.225 e. The fraction of sp³-hybridized carbons (Fsp3) is 0.571. The monoisotopic (exact) mass is 247 g/mol. The molecule has 98 valence electrons. The second-order valence-corrected chi connectivity index (χ2v) is 5.07. The Labute approximate surface area is 108 Å². The standard InChI is InChI=1S/C14H21N3O/c1-10(11-5-4-8-16-9-11)17-14(18)12-6-2-3-7-13(12)15/h4-5,8-10,12-13H,2-3,6-7,15H2,1H3,(H,17,18). The van der Waals surface area contributed by atoms with E-state index in [1.165, 1.54) is 0 Å². The molecule has 0 spiro atoms. The first-order valence-corrected chi connectivity index (χ1v) is 6.64. The van der Waals surface area contributed by atoms with Crippen LogP contribution in [-0.4, -0.2) is 16.9 Å². The van der Waals surface area contributed by atoms with E-state index in [1.54, 1.807) is 12.4 Å². The van der Waals surface area contributed by atoms with Gasteiger partial charge >= 0.3 is 0 Å². The molecule has 0 radical (unpaired) electrons. The fourth-order valence-electron chi connectivity index (χ4n) is 2.52. The predicted molar refractivity (Wildman–Crippen MR) is 70.7 cm³/mol. The summed E-state index contributed by atoms with van der Waals surface area (Å²) >= 11 is 0. The molecule has 0 bridgehead atoms. The molecule has 3 N–H and O–H groups in total. The van der Waals surface area contributed by atoms with Crippen LogP contribution in [0.5, 0.6) is 0 Å². The molecule has 1 saturated carbocycles. The van der Waals surface area contributed by atoms with Crippen LogP contribution in [0.15, 0.2) is 24.5 Å². The van der Waals surface area contributed by atoms with Crippen molar-refractivity contribution in [2.24, 2.45) is 11.7 Å². The molecular weight excluding hydrogens is 226 g/mol. The van der Waals surface area contributed by atoms with E-state index in [1.807, 2.05) is 19.1 Å². The second kappa shape index (κ2) is 5.96. The molecule has 0 saturated heterocycles. The first-order chi connectivity index (χ1) is 8.68. The van der Waals surface area contributed by atoms with Gasteiger partial charge in [0.25, 0.3) is 0 Å². The molecule has 1 heterocycles. The van der Waals surface area contributed by atoms with Gasteiger partial charge < -0.3 is 11.1 Å². The number of nitrogens with one attached hydrogen (secondary N) is 1. The number of carbonyl (C=O) groups excluding carboxylic acids is 1. The highest BCUT2D eigenvalue weighted by Gasteiger charge is 2.28. The number of amides is 1. The van der Waals surface area contributed by atoms with Crippen LogP contribution >= 0.6 is 0 Å².